The first-order valence-electron chi connectivity index (χ1n) is 3.49. The lowest BCUT2D eigenvalue weighted by Crippen LogP contribution is -1.84. The smallest absolute Gasteiger partial charge is 0.184 e. The van der Waals surface area contributed by atoms with Crippen LogP contribution in [0.2, 0.25) is 0 Å². The Balaban J connectivity index is 2.50. The molecule has 0 amide bonds. The van der Waals surface area contributed by atoms with Gasteiger partial charge < -0.3 is 5.73 Å². The molecule has 2 aromatic heterocycles. The molecule has 4 nitrogen and oxygen atoms in total. The molecule has 0 aliphatic heterocycles. The van der Waals surface area contributed by atoms with Gasteiger partial charge in [0.15, 0.2) is 5.82 Å². The highest BCUT2D eigenvalue weighted by Crippen LogP contribution is 2.27. The SMILES string of the molecule is Cc1nc(-c2ccsc2N)n[nH]1. The highest BCUT2D eigenvalue weighted by Gasteiger charge is 2.07. The van der Waals surface area contributed by atoms with Crippen LogP contribution in [0.5, 0.6) is 0 Å². The van der Waals surface area contributed by atoms with Gasteiger partial charge in [0.25, 0.3) is 0 Å². The summed E-state index contributed by atoms with van der Waals surface area (Å²) in [6.45, 7) is 1.86. The number of hydrogen-bond acceptors (Lipinski definition) is 4. The summed E-state index contributed by atoms with van der Waals surface area (Å²) in [5.74, 6) is 1.47. The molecule has 0 spiro atoms. The van der Waals surface area contributed by atoms with Crippen LogP contribution in [0, 0.1) is 6.92 Å². The van der Waals surface area contributed by atoms with Gasteiger partial charge in [-0.1, -0.05) is 0 Å². The summed E-state index contributed by atoms with van der Waals surface area (Å²) in [5.41, 5.74) is 6.61. The standard InChI is InChI=1S/C7H8N4S/c1-4-9-7(11-10-4)5-2-3-12-6(5)8/h2-3H,8H2,1H3,(H,9,10,11). The number of thiophene rings is 1. The van der Waals surface area contributed by atoms with E-state index in [4.69, 9.17) is 5.73 Å². The van der Waals surface area contributed by atoms with Crippen LogP contribution in [-0.2, 0) is 0 Å². The maximum absolute atomic E-state index is 5.71. The van der Waals surface area contributed by atoms with E-state index in [2.05, 4.69) is 15.2 Å². The first-order valence-corrected chi connectivity index (χ1v) is 4.37. The lowest BCUT2D eigenvalue weighted by Gasteiger charge is -1.89. The number of nitrogens with two attached hydrogens (primary N) is 1. The number of nitrogens with zero attached hydrogens (tertiary/aromatic N) is 2. The average Bonchev–Trinajstić information content (AvgIpc) is 2.58. The van der Waals surface area contributed by atoms with E-state index in [1.165, 1.54) is 11.3 Å². The third-order valence-electron chi connectivity index (χ3n) is 1.53. The number of anilines is 1. The van der Waals surface area contributed by atoms with E-state index in [1.807, 2.05) is 18.4 Å². The third-order valence-corrected chi connectivity index (χ3v) is 2.28. The fourth-order valence-corrected chi connectivity index (χ4v) is 1.61. The number of aryl methyl sites for hydroxylation is 1. The lowest BCUT2D eigenvalue weighted by molar-refractivity contribution is 1.04. The molecule has 0 bridgehead atoms. The summed E-state index contributed by atoms with van der Waals surface area (Å²) in [6, 6.07) is 1.92. The molecule has 2 rings (SSSR count). The molecule has 12 heavy (non-hydrogen) atoms. The van der Waals surface area contributed by atoms with E-state index in [9.17, 15) is 0 Å². The van der Waals surface area contributed by atoms with E-state index in [1.54, 1.807) is 0 Å². The van der Waals surface area contributed by atoms with Crippen molar-refractivity contribution in [2.24, 2.45) is 0 Å². The van der Waals surface area contributed by atoms with Gasteiger partial charge >= 0.3 is 0 Å². The fraction of sp³-hybridized carbons (Fsp3) is 0.143. The Kier molecular flexibility index (Phi) is 1.58. The molecule has 0 saturated heterocycles. The summed E-state index contributed by atoms with van der Waals surface area (Å²) in [4.78, 5) is 4.17. The number of aromatic amines is 1. The average molecular weight is 180 g/mol. The molecule has 62 valence electrons. The number of H-pyrrole nitrogens is 1. The first-order chi connectivity index (χ1) is 5.77. The second-order valence-corrected chi connectivity index (χ2v) is 3.39. The van der Waals surface area contributed by atoms with Gasteiger partial charge in [-0.3, -0.25) is 5.10 Å². The van der Waals surface area contributed by atoms with Crippen molar-refractivity contribution in [1.29, 1.82) is 0 Å². The van der Waals surface area contributed by atoms with Crippen molar-refractivity contribution < 1.29 is 0 Å². The molecule has 3 N–H and O–H groups in total. The second kappa shape index (κ2) is 2.60. The zero-order valence-corrected chi connectivity index (χ0v) is 7.35. The Morgan fingerprint density at radius 2 is 2.42 bits per heavy atom. The fourth-order valence-electron chi connectivity index (χ4n) is 0.969. The van der Waals surface area contributed by atoms with Crippen molar-refractivity contribution in [1.82, 2.24) is 15.2 Å². The normalized spacial score (nSPS) is 10.4. The number of nitrogen functional groups attached to an aromatic ring is 1. The molecule has 0 unspecified atom stereocenters. The van der Waals surface area contributed by atoms with Crippen LogP contribution in [0.15, 0.2) is 11.4 Å². The van der Waals surface area contributed by atoms with Gasteiger partial charge in [0.2, 0.25) is 0 Å². The van der Waals surface area contributed by atoms with Crippen LogP contribution >= 0.6 is 11.3 Å². The quantitative estimate of drug-likeness (QED) is 0.697. The van der Waals surface area contributed by atoms with Gasteiger partial charge in [-0.25, -0.2) is 4.98 Å². The van der Waals surface area contributed by atoms with E-state index in [0.29, 0.717) is 5.82 Å². The molecule has 0 aliphatic rings. The van der Waals surface area contributed by atoms with E-state index in [0.717, 1.165) is 16.4 Å². The molecule has 0 saturated carbocycles. The molecular weight excluding hydrogens is 172 g/mol. The molecule has 0 fully saturated rings. The summed E-state index contributed by atoms with van der Waals surface area (Å²) in [6.07, 6.45) is 0. The van der Waals surface area contributed by atoms with Crippen molar-refractivity contribution in [3.8, 4) is 11.4 Å². The topological polar surface area (TPSA) is 67.6 Å². The van der Waals surface area contributed by atoms with Gasteiger partial charge in [-0.15, -0.1) is 11.3 Å². The summed E-state index contributed by atoms with van der Waals surface area (Å²) >= 11 is 1.49. The zero-order chi connectivity index (χ0) is 8.55. The van der Waals surface area contributed by atoms with Crippen molar-refractivity contribution in [3.63, 3.8) is 0 Å². The third kappa shape index (κ3) is 1.08. The Labute approximate surface area is 73.5 Å². The van der Waals surface area contributed by atoms with E-state index in [-0.39, 0.29) is 0 Å². The Morgan fingerprint density at radius 3 is 2.92 bits per heavy atom. The predicted molar refractivity (Wildman–Crippen MR) is 48.8 cm³/mol. The van der Waals surface area contributed by atoms with Gasteiger partial charge in [-0.05, 0) is 18.4 Å². The summed E-state index contributed by atoms with van der Waals surface area (Å²) in [5, 5.41) is 9.47. The highest BCUT2D eigenvalue weighted by molar-refractivity contribution is 7.14. The lowest BCUT2D eigenvalue weighted by atomic mass is 10.3. The van der Waals surface area contributed by atoms with Gasteiger partial charge in [0, 0.05) is 0 Å². The van der Waals surface area contributed by atoms with Crippen LogP contribution in [0.1, 0.15) is 5.82 Å². The zero-order valence-electron chi connectivity index (χ0n) is 6.53. The number of aromatic nitrogens is 3. The Morgan fingerprint density at radius 1 is 1.58 bits per heavy atom. The minimum atomic E-state index is 0.672. The minimum absolute atomic E-state index is 0.672. The van der Waals surface area contributed by atoms with Gasteiger partial charge in [0.05, 0.1) is 10.6 Å². The van der Waals surface area contributed by atoms with Crippen LogP contribution in [0.25, 0.3) is 11.4 Å². The molecule has 2 heterocycles. The van der Waals surface area contributed by atoms with Crippen LogP contribution in [-0.4, -0.2) is 15.2 Å². The van der Waals surface area contributed by atoms with Crippen molar-refractivity contribution in [2.75, 3.05) is 5.73 Å². The number of rotatable bonds is 1. The molecule has 0 aliphatic carbocycles. The van der Waals surface area contributed by atoms with Gasteiger partial charge in [0.1, 0.15) is 5.82 Å². The molecule has 2 aromatic rings. The predicted octanol–water partition coefficient (Wildman–Crippen LogP) is 1.42. The molecule has 0 atom stereocenters. The summed E-state index contributed by atoms with van der Waals surface area (Å²) < 4.78 is 0. The van der Waals surface area contributed by atoms with Gasteiger partial charge in [-0.2, -0.15) is 5.10 Å². The van der Waals surface area contributed by atoms with E-state index < -0.39 is 0 Å². The van der Waals surface area contributed by atoms with Crippen LogP contribution in [0.4, 0.5) is 5.00 Å². The molecular formula is C7H8N4S. The van der Waals surface area contributed by atoms with Crippen molar-refractivity contribution in [2.45, 2.75) is 6.92 Å². The van der Waals surface area contributed by atoms with Crippen LogP contribution in [0.3, 0.4) is 0 Å². The summed E-state index contributed by atoms with van der Waals surface area (Å²) in [7, 11) is 0. The molecule has 5 heteroatoms. The second-order valence-electron chi connectivity index (χ2n) is 2.44. The van der Waals surface area contributed by atoms with Crippen molar-refractivity contribution in [3.05, 3.63) is 17.3 Å². The van der Waals surface area contributed by atoms with Crippen LogP contribution < -0.4 is 5.73 Å². The van der Waals surface area contributed by atoms with Crippen molar-refractivity contribution >= 4 is 16.3 Å². The maximum atomic E-state index is 5.71. The minimum Gasteiger partial charge on any atom is -0.390 e. The van der Waals surface area contributed by atoms with E-state index >= 15 is 0 Å². The Bertz CT molecular complexity index is 390. The molecule has 0 radical (unpaired) electrons. The maximum Gasteiger partial charge on any atom is 0.184 e. The number of hydrogen-bond donors (Lipinski definition) is 2. The largest absolute Gasteiger partial charge is 0.390 e. The molecule has 0 aromatic carbocycles. The Hall–Kier alpha value is -1.36. The number of nitrogens with one attached hydrogen (secondary N) is 1. The highest BCUT2D eigenvalue weighted by atomic mass is 32.1. The first kappa shape index (κ1) is 7.30. The monoisotopic (exact) mass is 180 g/mol.